The summed E-state index contributed by atoms with van der Waals surface area (Å²) in [5.41, 5.74) is 1.62. The second-order valence-corrected chi connectivity index (χ2v) is 6.28. The molecule has 2 aromatic heterocycles. The van der Waals surface area contributed by atoms with E-state index in [4.69, 9.17) is 0 Å². The summed E-state index contributed by atoms with van der Waals surface area (Å²) < 4.78 is 37.9. The van der Waals surface area contributed by atoms with Crippen molar-refractivity contribution in [2.45, 2.75) is 18.8 Å². The van der Waals surface area contributed by atoms with Crippen molar-refractivity contribution >= 4 is 11.5 Å². The molecule has 1 atom stereocenters. The highest BCUT2D eigenvalue weighted by Crippen LogP contribution is 2.47. The van der Waals surface area contributed by atoms with Gasteiger partial charge in [0.05, 0.1) is 18.0 Å². The molecule has 3 aromatic rings. The second-order valence-electron chi connectivity index (χ2n) is 6.28. The first-order valence-corrected chi connectivity index (χ1v) is 8.16. The molecule has 7 nitrogen and oxygen atoms in total. The number of halogens is 2. The number of benzene rings is 1. The first-order chi connectivity index (χ1) is 12.5. The molecule has 0 bridgehead atoms. The van der Waals surface area contributed by atoms with Gasteiger partial charge in [-0.15, -0.1) is 8.78 Å². The minimum absolute atomic E-state index is 0.0144. The van der Waals surface area contributed by atoms with Gasteiger partial charge in [0.15, 0.2) is 23.0 Å². The second kappa shape index (κ2) is 5.28. The van der Waals surface area contributed by atoms with Gasteiger partial charge in [-0.1, -0.05) is 6.07 Å². The van der Waals surface area contributed by atoms with Crippen LogP contribution < -0.4 is 14.4 Å². The molecular weight excluding hydrogens is 346 g/mol. The van der Waals surface area contributed by atoms with Crippen molar-refractivity contribution in [2.75, 3.05) is 18.0 Å². The van der Waals surface area contributed by atoms with Crippen molar-refractivity contribution in [3.63, 3.8) is 0 Å². The largest absolute Gasteiger partial charge is 0.586 e. The molecule has 134 valence electrons. The van der Waals surface area contributed by atoms with E-state index in [-0.39, 0.29) is 11.5 Å². The minimum Gasteiger partial charge on any atom is -0.395 e. The number of ether oxygens (including phenoxy) is 2. The number of anilines is 1. The highest BCUT2D eigenvalue weighted by atomic mass is 19.3. The van der Waals surface area contributed by atoms with Crippen molar-refractivity contribution in [2.24, 2.45) is 0 Å². The maximum Gasteiger partial charge on any atom is 0.586 e. The summed E-state index contributed by atoms with van der Waals surface area (Å²) in [4.78, 5) is 10.8. The molecule has 1 N–H and O–H groups in total. The van der Waals surface area contributed by atoms with Crippen molar-refractivity contribution < 1.29 is 23.4 Å². The van der Waals surface area contributed by atoms with Gasteiger partial charge in [-0.3, -0.25) is 4.40 Å². The van der Waals surface area contributed by atoms with Crippen molar-refractivity contribution in [1.82, 2.24) is 14.4 Å². The van der Waals surface area contributed by atoms with E-state index in [2.05, 4.69) is 19.4 Å². The van der Waals surface area contributed by atoms with Gasteiger partial charge < -0.3 is 19.5 Å². The predicted octanol–water partition coefficient (Wildman–Crippen LogP) is 2.29. The number of nitrogens with zero attached hydrogens (tertiary/aromatic N) is 4. The first kappa shape index (κ1) is 15.3. The van der Waals surface area contributed by atoms with Crippen LogP contribution in [0.4, 0.5) is 14.6 Å². The van der Waals surface area contributed by atoms with Crippen molar-refractivity contribution in [1.29, 1.82) is 0 Å². The normalized spacial score (nSPS) is 20.9. The zero-order valence-corrected chi connectivity index (χ0v) is 13.5. The van der Waals surface area contributed by atoms with E-state index in [0.29, 0.717) is 42.2 Å². The van der Waals surface area contributed by atoms with Crippen LogP contribution in [0, 0.1) is 0 Å². The van der Waals surface area contributed by atoms with Gasteiger partial charge in [0.1, 0.15) is 0 Å². The number of imidazole rings is 1. The van der Waals surface area contributed by atoms with Gasteiger partial charge >= 0.3 is 6.29 Å². The van der Waals surface area contributed by atoms with Crippen LogP contribution in [0.15, 0.2) is 36.8 Å². The van der Waals surface area contributed by atoms with Gasteiger partial charge in [-0.2, -0.15) is 0 Å². The fourth-order valence-electron chi connectivity index (χ4n) is 3.43. The standard InChI is InChI=1S/C17H14F2N4O3/c18-17(19)25-13-3-1-2-11(14(13)26-17)12-8-21-16-15(20-5-7-23(12)16)22-6-4-10(24)9-22/h1-3,5,7-8,10,24H,4,6,9H2. The number of aliphatic hydroxyl groups excluding tert-OH is 1. The lowest BCUT2D eigenvalue weighted by Crippen LogP contribution is -2.26. The van der Waals surface area contributed by atoms with E-state index in [9.17, 15) is 13.9 Å². The molecule has 9 heteroatoms. The van der Waals surface area contributed by atoms with Crippen LogP contribution in [0.2, 0.25) is 0 Å². The van der Waals surface area contributed by atoms with E-state index in [0.717, 1.165) is 0 Å². The van der Waals surface area contributed by atoms with E-state index >= 15 is 0 Å². The Morgan fingerprint density at radius 1 is 1.23 bits per heavy atom. The SMILES string of the molecule is OC1CCN(c2nccn3c(-c4cccc5c4OC(F)(F)O5)cnc23)C1. The maximum atomic E-state index is 13.5. The third-order valence-corrected chi connectivity index (χ3v) is 4.58. The Balaban J connectivity index is 1.64. The molecule has 1 saturated heterocycles. The first-order valence-electron chi connectivity index (χ1n) is 8.16. The van der Waals surface area contributed by atoms with Crippen LogP contribution in [-0.4, -0.2) is 45.0 Å². The average Bonchev–Trinajstić information content (AvgIpc) is 3.29. The van der Waals surface area contributed by atoms with Crippen molar-refractivity contribution in [3.05, 3.63) is 36.8 Å². The number of para-hydroxylation sites is 1. The van der Waals surface area contributed by atoms with Gasteiger partial charge in [0, 0.05) is 31.0 Å². The summed E-state index contributed by atoms with van der Waals surface area (Å²) in [7, 11) is 0. The molecule has 0 aliphatic carbocycles. The summed E-state index contributed by atoms with van der Waals surface area (Å²) in [6.45, 7) is 1.17. The molecule has 26 heavy (non-hydrogen) atoms. The Morgan fingerprint density at radius 3 is 2.92 bits per heavy atom. The lowest BCUT2D eigenvalue weighted by molar-refractivity contribution is -0.286. The smallest absolute Gasteiger partial charge is 0.395 e. The topological polar surface area (TPSA) is 72.1 Å². The van der Waals surface area contributed by atoms with Crippen LogP contribution in [0.5, 0.6) is 11.5 Å². The molecule has 0 saturated carbocycles. The van der Waals surface area contributed by atoms with Gasteiger partial charge in [-0.25, -0.2) is 9.97 Å². The molecule has 1 aromatic carbocycles. The Morgan fingerprint density at radius 2 is 2.12 bits per heavy atom. The average molecular weight is 360 g/mol. The zero-order valence-electron chi connectivity index (χ0n) is 13.5. The summed E-state index contributed by atoms with van der Waals surface area (Å²) in [5.74, 6) is 0.610. The molecule has 0 spiro atoms. The minimum atomic E-state index is -3.68. The summed E-state index contributed by atoms with van der Waals surface area (Å²) in [5, 5.41) is 9.77. The van der Waals surface area contributed by atoms with Gasteiger partial charge in [0.2, 0.25) is 0 Å². The lowest BCUT2D eigenvalue weighted by atomic mass is 10.1. The number of hydrogen-bond donors (Lipinski definition) is 1. The molecule has 2 aliphatic heterocycles. The zero-order chi connectivity index (χ0) is 17.9. The Kier molecular flexibility index (Phi) is 3.11. The fourth-order valence-corrected chi connectivity index (χ4v) is 3.43. The van der Waals surface area contributed by atoms with Gasteiger partial charge in [0.25, 0.3) is 0 Å². The third kappa shape index (κ3) is 2.27. The number of aliphatic hydroxyl groups is 1. The molecule has 5 rings (SSSR count). The number of aromatic nitrogens is 3. The number of rotatable bonds is 2. The number of hydrogen-bond acceptors (Lipinski definition) is 6. The molecular formula is C17H14F2N4O3. The van der Waals surface area contributed by atoms with Gasteiger partial charge in [-0.05, 0) is 18.6 Å². The molecule has 2 aliphatic rings. The summed E-state index contributed by atoms with van der Waals surface area (Å²) >= 11 is 0. The summed E-state index contributed by atoms with van der Waals surface area (Å²) in [6.07, 6.45) is 1.51. The van der Waals surface area contributed by atoms with E-state index in [1.807, 2.05) is 4.90 Å². The Bertz CT molecular complexity index is 1010. The monoisotopic (exact) mass is 360 g/mol. The highest BCUT2D eigenvalue weighted by Gasteiger charge is 2.44. The van der Waals surface area contributed by atoms with Crippen LogP contribution >= 0.6 is 0 Å². The third-order valence-electron chi connectivity index (χ3n) is 4.58. The molecule has 4 heterocycles. The number of β-amino-alcohol motifs (C(OH)–C–C–N with tert-alkyl or cyclic N) is 1. The van der Waals surface area contributed by atoms with Crippen LogP contribution in [0.3, 0.4) is 0 Å². The van der Waals surface area contributed by atoms with E-state index in [1.54, 1.807) is 35.1 Å². The van der Waals surface area contributed by atoms with Crippen molar-refractivity contribution in [3.8, 4) is 22.8 Å². The molecule has 0 radical (unpaired) electrons. The lowest BCUT2D eigenvalue weighted by Gasteiger charge is -2.17. The summed E-state index contributed by atoms with van der Waals surface area (Å²) in [6, 6.07) is 4.73. The number of fused-ring (bicyclic) bond motifs is 2. The molecule has 1 fully saturated rings. The Labute approximate surface area is 146 Å². The molecule has 0 amide bonds. The Hall–Kier alpha value is -2.94. The molecule has 1 unspecified atom stereocenters. The van der Waals surface area contributed by atoms with Crippen LogP contribution in [-0.2, 0) is 0 Å². The highest BCUT2D eigenvalue weighted by molar-refractivity contribution is 5.77. The predicted molar refractivity (Wildman–Crippen MR) is 87.5 cm³/mol. The van der Waals surface area contributed by atoms with E-state index < -0.39 is 12.4 Å². The quantitative estimate of drug-likeness (QED) is 0.756. The van der Waals surface area contributed by atoms with Crippen LogP contribution in [0.1, 0.15) is 6.42 Å². The van der Waals surface area contributed by atoms with Crippen LogP contribution in [0.25, 0.3) is 16.9 Å². The maximum absolute atomic E-state index is 13.5. The number of alkyl halides is 2. The van der Waals surface area contributed by atoms with E-state index in [1.165, 1.54) is 6.07 Å². The fraction of sp³-hybridized carbons (Fsp3) is 0.294.